The van der Waals surface area contributed by atoms with Crippen LogP contribution in [0.15, 0.2) is 41.4 Å². The van der Waals surface area contributed by atoms with E-state index in [1.54, 1.807) is 24.1 Å². The standard InChI is InChI=1S/C29H36FN3O5S/c1-20-17-33(21(2)19-34)29(35)26-15-23(10-9-22-7-5-4-6-8-22)16-31-28(26)38-27(20)18-32(3)39(36,37)25-13-11-24(30)12-14-25/h11-16,20-22,27,34H,4-8,17-19H2,1-3H3/t20-,21+,27+/m0/s1. The van der Waals surface area contributed by atoms with Crippen molar-refractivity contribution in [3.05, 3.63) is 53.5 Å². The summed E-state index contributed by atoms with van der Waals surface area (Å²) in [7, 11) is -2.48. The van der Waals surface area contributed by atoms with Crippen molar-refractivity contribution in [3.8, 4) is 17.7 Å². The summed E-state index contributed by atoms with van der Waals surface area (Å²) in [6, 6.07) is 5.85. The van der Waals surface area contributed by atoms with Gasteiger partial charge in [0.1, 0.15) is 17.5 Å². The number of likely N-dealkylation sites (N-methyl/N-ethyl adjacent to an activating group) is 1. The maximum Gasteiger partial charge on any atom is 0.259 e. The number of nitrogens with zero attached hydrogens (tertiary/aromatic N) is 3. The fourth-order valence-corrected chi connectivity index (χ4v) is 6.14. The number of halogens is 1. The van der Waals surface area contributed by atoms with Gasteiger partial charge in [-0.1, -0.05) is 38.0 Å². The first kappa shape index (κ1) is 29.0. The predicted molar refractivity (Wildman–Crippen MR) is 145 cm³/mol. The number of carbonyl (C=O) groups is 1. The Morgan fingerprint density at radius 2 is 1.92 bits per heavy atom. The number of pyridine rings is 1. The largest absolute Gasteiger partial charge is 0.472 e. The molecule has 1 saturated carbocycles. The zero-order valence-corrected chi connectivity index (χ0v) is 23.5. The first-order valence-corrected chi connectivity index (χ1v) is 14.9. The van der Waals surface area contributed by atoms with Gasteiger partial charge in [0.05, 0.1) is 24.1 Å². The molecule has 1 N–H and O–H groups in total. The van der Waals surface area contributed by atoms with Crippen LogP contribution in [0.1, 0.15) is 61.9 Å². The molecule has 1 amide bonds. The summed E-state index contributed by atoms with van der Waals surface area (Å²) in [6.07, 6.45) is 6.65. The molecule has 0 bridgehead atoms. The number of hydrogen-bond acceptors (Lipinski definition) is 6. The molecule has 0 radical (unpaired) electrons. The third-order valence-electron chi connectivity index (χ3n) is 7.51. The molecule has 2 heterocycles. The fraction of sp³-hybridized carbons (Fsp3) is 0.517. The van der Waals surface area contributed by atoms with E-state index in [9.17, 15) is 22.7 Å². The summed E-state index contributed by atoms with van der Waals surface area (Å²) in [5.41, 5.74) is 0.834. The number of carbonyl (C=O) groups excluding carboxylic acids is 1. The highest BCUT2D eigenvalue weighted by atomic mass is 32.2. The van der Waals surface area contributed by atoms with Gasteiger partial charge in [0, 0.05) is 37.2 Å². The van der Waals surface area contributed by atoms with Gasteiger partial charge in [-0.05, 0) is 50.1 Å². The Morgan fingerprint density at radius 1 is 1.23 bits per heavy atom. The first-order valence-electron chi connectivity index (χ1n) is 13.4. The Morgan fingerprint density at radius 3 is 2.59 bits per heavy atom. The number of benzene rings is 1. The number of sulfonamides is 1. The van der Waals surface area contributed by atoms with E-state index in [0.29, 0.717) is 11.5 Å². The Labute approximate surface area is 230 Å². The van der Waals surface area contributed by atoms with Crippen LogP contribution in [0.2, 0.25) is 0 Å². The summed E-state index contributed by atoms with van der Waals surface area (Å²) in [6.45, 7) is 3.61. The molecule has 0 spiro atoms. The van der Waals surface area contributed by atoms with Gasteiger partial charge in [-0.3, -0.25) is 4.79 Å². The van der Waals surface area contributed by atoms with Crippen molar-refractivity contribution in [1.29, 1.82) is 0 Å². The minimum absolute atomic E-state index is 0.0270. The third-order valence-corrected chi connectivity index (χ3v) is 9.34. The number of ether oxygens (including phenoxy) is 1. The number of aliphatic hydroxyl groups is 1. The molecule has 8 nitrogen and oxygen atoms in total. The molecule has 39 heavy (non-hydrogen) atoms. The van der Waals surface area contributed by atoms with Gasteiger partial charge in [-0.25, -0.2) is 17.8 Å². The van der Waals surface area contributed by atoms with Gasteiger partial charge in [0.2, 0.25) is 15.9 Å². The summed E-state index contributed by atoms with van der Waals surface area (Å²) in [5, 5.41) is 9.87. The molecule has 1 aliphatic carbocycles. The Hall–Kier alpha value is -3.00. The zero-order valence-electron chi connectivity index (χ0n) is 22.6. The lowest BCUT2D eigenvalue weighted by Crippen LogP contribution is -2.50. The van der Waals surface area contributed by atoms with Crippen LogP contribution in [0.3, 0.4) is 0 Å². The molecule has 2 aliphatic rings. The van der Waals surface area contributed by atoms with E-state index < -0.39 is 28.0 Å². The normalized spacial score (nSPS) is 21.3. The Bertz CT molecular complexity index is 1330. The lowest BCUT2D eigenvalue weighted by molar-refractivity contribution is 0.0373. The van der Waals surface area contributed by atoms with Crippen LogP contribution in [-0.4, -0.2) is 72.5 Å². The molecule has 2 aromatic rings. The molecule has 1 aliphatic heterocycles. The highest BCUT2D eigenvalue weighted by molar-refractivity contribution is 7.89. The highest BCUT2D eigenvalue weighted by Gasteiger charge is 2.36. The van der Waals surface area contributed by atoms with Gasteiger partial charge < -0.3 is 14.7 Å². The molecule has 1 aromatic heterocycles. The van der Waals surface area contributed by atoms with Crippen molar-refractivity contribution in [3.63, 3.8) is 0 Å². The topological polar surface area (TPSA) is 100 Å². The van der Waals surface area contributed by atoms with Crippen molar-refractivity contribution in [2.75, 3.05) is 26.7 Å². The van der Waals surface area contributed by atoms with E-state index in [-0.39, 0.29) is 47.9 Å². The summed E-state index contributed by atoms with van der Waals surface area (Å²) < 4.78 is 47.1. The molecule has 4 rings (SSSR count). The molecule has 1 aromatic carbocycles. The fourth-order valence-electron chi connectivity index (χ4n) is 4.96. The number of hydrogen-bond donors (Lipinski definition) is 1. The van der Waals surface area contributed by atoms with Crippen LogP contribution >= 0.6 is 0 Å². The van der Waals surface area contributed by atoms with E-state index in [4.69, 9.17) is 4.74 Å². The number of amides is 1. The molecule has 1 fully saturated rings. The smallest absolute Gasteiger partial charge is 0.259 e. The van der Waals surface area contributed by atoms with E-state index in [2.05, 4.69) is 16.8 Å². The van der Waals surface area contributed by atoms with Crippen LogP contribution in [-0.2, 0) is 10.0 Å². The average molecular weight is 558 g/mol. The summed E-state index contributed by atoms with van der Waals surface area (Å²) >= 11 is 0. The monoisotopic (exact) mass is 557 g/mol. The van der Waals surface area contributed by atoms with Crippen molar-refractivity contribution in [2.45, 2.75) is 63.0 Å². The van der Waals surface area contributed by atoms with Crippen molar-refractivity contribution < 1.29 is 27.4 Å². The van der Waals surface area contributed by atoms with E-state index in [1.165, 1.54) is 38.4 Å². The number of fused-ring (bicyclic) bond motifs is 1. The quantitative estimate of drug-likeness (QED) is 0.544. The van der Waals surface area contributed by atoms with Gasteiger partial charge in [-0.15, -0.1) is 0 Å². The number of aromatic nitrogens is 1. The lowest BCUT2D eigenvalue weighted by atomic mass is 9.90. The van der Waals surface area contributed by atoms with Crippen LogP contribution in [0.4, 0.5) is 4.39 Å². The molecule has 10 heteroatoms. The maximum atomic E-state index is 13.6. The van der Waals surface area contributed by atoms with Gasteiger partial charge in [0.25, 0.3) is 5.91 Å². The molecular weight excluding hydrogens is 521 g/mol. The van der Waals surface area contributed by atoms with Crippen LogP contribution in [0.5, 0.6) is 5.88 Å². The lowest BCUT2D eigenvalue weighted by Gasteiger charge is -2.37. The predicted octanol–water partition coefficient (Wildman–Crippen LogP) is 3.69. The van der Waals surface area contributed by atoms with Gasteiger partial charge >= 0.3 is 0 Å². The van der Waals surface area contributed by atoms with Crippen LogP contribution in [0, 0.1) is 29.5 Å². The summed E-state index contributed by atoms with van der Waals surface area (Å²) in [4.78, 5) is 19.6. The van der Waals surface area contributed by atoms with Crippen LogP contribution in [0.25, 0.3) is 0 Å². The van der Waals surface area contributed by atoms with E-state index >= 15 is 0 Å². The zero-order chi connectivity index (χ0) is 28.2. The molecule has 0 saturated heterocycles. The molecule has 210 valence electrons. The van der Waals surface area contributed by atoms with Crippen molar-refractivity contribution in [2.24, 2.45) is 11.8 Å². The van der Waals surface area contributed by atoms with Gasteiger partial charge in [-0.2, -0.15) is 4.31 Å². The first-order chi connectivity index (χ1) is 18.6. The van der Waals surface area contributed by atoms with Crippen LogP contribution < -0.4 is 4.74 Å². The maximum absolute atomic E-state index is 13.6. The second-order valence-corrected chi connectivity index (χ2v) is 12.6. The number of aliphatic hydroxyl groups excluding tert-OH is 1. The Balaban J connectivity index is 1.64. The second kappa shape index (κ2) is 12.5. The molecule has 3 atom stereocenters. The summed E-state index contributed by atoms with van der Waals surface area (Å²) in [5.74, 6) is 5.78. The average Bonchev–Trinajstić information content (AvgIpc) is 2.94. The Kier molecular flexibility index (Phi) is 9.26. The second-order valence-electron chi connectivity index (χ2n) is 10.5. The highest BCUT2D eigenvalue weighted by Crippen LogP contribution is 2.28. The van der Waals surface area contributed by atoms with Crippen molar-refractivity contribution >= 4 is 15.9 Å². The van der Waals surface area contributed by atoms with E-state index in [0.717, 1.165) is 29.3 Å². The SMILES string of the molecule is C[C@H](CO)N1C[C@H](C)[C@@H](CN(C)S(=O)(=O)c2ccc(F)cc2)Oc2ncc(C#CC3CCCCC3)cc2C1=O. The minimum Gasteiger partial charge on any atom is -0.472 e. The van der Waals surface area contributed by atoms with Crippen molar-refractivity contribution in [1.82, 2.24) is 14.2 Å². The van der Waals surface area contributed by atoms with E-state index in [1.807, 2.05) is 6.92 Å². The van der Waals surface area contributed by atoms with Gasteiger partial charge in [0.15, 0.2) is 0 Å². The number of rotatable bonds is 6. The third kappa shape index (κ3) is 6.78. The molecule has 0 unspecified atom stereocenters. The minimum atomic E-state index is -3.92. The molecular formula is C29H36FN3O5S.